The number of unbranched alkanes of at least 4 members (excludes halogenated alkanes) is 1. The van der Waals surface area contributed by atoms with E-state index in [1.54, 1.807) is 60.7 Å². The standard InChI is InChI=1S/C51H67N9O14/c1-30-11-6-7-14-36(30)59-51(73)54-34-22-18-32(19-23-34)28-41(61)55-37(15-8-9-26-53-50(52)72)45(66)56-38(16-10-17-42(62)63)46(67)60-44(33-12-4-3-5-13-33)48(69)57-39(29-43(64)65)47(68)58-40(49(70)71)27-31-20-24-35(74-2)25-21-31/h6-7,11,14,18-25,33,37-40,44H,3-5,8-10,12-13,15-17,26-29H2,1-2H3,(H,55,61)(H,56,66)(H,57,69)(H,58,68)(H,60,67)(H,62,63)(H,64,65)(H,70,71)(H3,52,53,72)(H2,54,59,73)/t37-,38-,39-,40+,44+/m0/s1. The zero-order valence-corrected chi connectivity index (χ0v) is 41.4. The number of para-hydroxylation sites is 1. The zero-order valence-electron chi connectivity index (χ0n) is 41.4. The maximum Gasteiger partial charge on any atom is 0.326 e. The summed E-state index contributed by atoms with van der Waals surface area (Å²) in [6, 6.07) is 11.3. The average molecular weight is 1030 g/mol. The number of ether oxygens (including phenoxy) is 1. The molecule has 0 spiro atoms. The van der Waals surface area contributed by atoms with Crippen LogP contribution >= 0.6 is 0 Å². The lowest BCUT2D eigenvalue weighted by atomic mass is 9.83. The number of primary amides is 1. The Hall–Kier alpha value is -8.24. The summed E-state index contributed by atoms with van der Waals surface area (Å²) in [6.45, 7) is 2.01. The fraction of sp³-hybridized carbons (Fsp3) is 0.451. The van der Waals surface area contributed by atoms with Gasteiger partial charge in [0.2, 0.25) is 29.5 Å². The van der Waals surface area contributed by atoms with Crippen LogP contribution in [0.3, 0.4) is 0 Å². The van der Waals surface area contributed by atoms with E-state index in [4.69, 9.17) is 10.5 Å². The fourth-order valence-corrected chi connectivity index (χ4v) is 8.32. The molecule has 4 rings (SSSR count). The number of rotatable bonds is 29. The zero-order chi connectivity index (χ0) is 54.2. The Bertz CT molecular complexity index is 2430. The van der Waals surface area contributed by atoms with Gasteiger partial charge in [-0.05, 0) is 105 Å². The molecule has 0 radical (unpaired) electrons. The van der Waals surface area contributed by atoms with Crippen LogP contribution in [0.1, 0.15) is 93.7 Å². The van der Waals surface area contributed by atoms with Gasteiger partial charge in [0.15, 0.2) is 0 Å². The molecule has 1 saturated carbocycles. The Balaban J connectivity index is 1.51. The Labute approximate surface area is 427 Å². The van der Waals surface area contributed by atoms with E-state index in [-0.39, 0.29) is 45.1 Å². The van der Waals surface area contributed by atoms with Gasteiger partial charge in [-0.3, -0.25) is 33.6 Å². The second-order valence-corrected chi connectivity index (χ2v) is 18.0. The highest BCUT2D eigenvalue weighted by atomic mass is 16.5. The highest BCUT2D eigenvalue weighted by Crippen LogP contribution is 2.27. The van der Waals surface area contributed by atoms with E-state index in [0.717, 1.165) is 12.0 Å². The summed E-state index contributed by atoms with van der Waals surface area (Å²) in [5.41, 5.74) is 8.15. The number of hydrogen-bond donors (Lipinski definition) is 12. The largest absolute Gasteiger partial charge is 0.497 e. The fourth-order valence-electron chi connectivity index (χ4n) is 8.32. The highest BCUT2D eigenvalue weighted by molar-refractivity contribution is 6.00. The molecule has 5 atom stereocenters. The molecule has 1 fully saturated rings. The molecule has 0 heterocycles. The number of carbonyl (C=O) groups is 10. The molecule has 3 aromatic carbocycles. The molecule has 0 aliphatic heterocycles. The predicted molar refractivity (Wildman–Crippen MR) is 270 cm³/mol. The van der Waals surface area contributed by atoms with Crippen molar-refractivity contribution in [1.29, 1.82) is 0 Å². The van der Waals surface area contributed by atoms with Crippen molar-refractivity contribution in [3.63, 3.8) is 0 Å². The third kappa shape index (κ3) is 20.5. The molecule has 0 saturated heterocycles. The van der Waals surface area contributed by atoms with Gasteiger partial charge in [0.1, 0.15) is 36.0 Å². The van der Waals surface area contributed by atoms with E-state index in [9.17, 15) is 63.3 Å². The number of carboxylic acid groups (broad SMARTS) is 3. The number of hydrogen-bond acceptors (Lipinski definition) is 11. The van der Waals surface area contributed by atoms with Gasteiger partial charge >= 0.3 is 30.0 Å². The maximum absolute atomic E-state index is 14.3. The van der Waals surface area contributed by atoms with Gasteiger partial charge in [-0.2, -0.15) is 0 Å². The van der Waals surface area contributed by atoms with E-state index in [0.29, 0.717) is 60.4 Å². The van der Waals surface area contributed by atoms with Gasteiger partial charge in [0.05, 0.1) is 20.0 Å². The van der Waals surface area contributed by atoms with E-state index in [1.807, 2.05) is 19.1 Å². The molecule has 23 heteroatoms. The summed E-state index contributed by atoms with van der Waals surface area (Å²) in [6.07, 6.45) is 1.58. The number of amides is 9. The molecular weight excluding hydrogens is 963 g/mol. The molecule has 9 amide bonds. The van der Waals surface area contributed by atoms with Crippen molar-refractivity contribution in [2.75, 3.05) is 24.3 Å². The molecule has 1 aliphatic carbocycles. The Morgan fingerprint density at radius 3 is 1.85 bits per heavy atom. The molecule has 13 N–H and O–H groups in total. The van der Waals surface area contributed by atoms with Crippen LogP contribution in [-0.4, -0.2) is 119 Å². The van der Waals surface area contributed by atoms with Crippen molar-refractivity contribution in [3.8, 4) is 5.75 Å². The number of aliphatic carboxylic acids is 3. The van der Waals surface area contributed by atoms with Crippen molar-refractivity contribution >= 4 is 70.9 Å². The van der Waals surface area contributed by atoms with Crippen LogP contribution in [0.15, 0.2) is 72.8 Å². The summed E-state index contributed by atoms with van der Waals surface area (Å²) in [5, 5.41) is 49.9. The van der Waals surface area contributed by atoms with Gasteiger partial charge in [0.25, 0.3) is 0 Å². The van der Waals surface area contributed by atoms with Crippen molar-refractivity contribution in [2.45, 2.75) is 127 Å². The molecule has 0 aromatic heterocycles. The minimum Gasteiger partial charge on any atom is -0.497 e. The van der Waals surface area contributed by atoms with Crippen molar-refractivity contribution in [2.24, 2.45) is 11.7 Å². The Morgan fingerprint density at radius 2 is 1.23 bits per heavy atom. The maximum atomic E-state index is 14.3. The minimum atomic E-state index is -1.79. The molecule has 74 heavy (non-hydrogen) atoms. The van der Waals surface area contributed by atoms with Gasteiger partial charge in [-0.15, -0.1) is 0 Å². The molecule has 3 aromatic rings. The molecule has 1 aliphatic rings. The number of nitrogens with two attached hydrogens (primary N) is 1. The lowest BCUT2D eigenvalue weighted by Gasteiger charge is -2.32. The lowest BCUT2D eigenvalue weighted by molar-refractivity contribution is -0.144. The van der Waals surface area contributed by atoms with Crippen LogP contribution in [0, 0.1) is 12.8 Å². The first-order valence-corrected chi connectivity index (χ1v) is 24.4. The number of nitrogens with one attached hydrogen (secondary N) is 8. The first-order chi connectivity index (χ1) is 35.3. The van der Waals surface area contributed by atoms with E-state index in [1.165, 1.54) is 7.11 Å². The SMILES string of the molecule is COc1ccc(C[C@@H](NC(=O)[C@H](CC(=O)O)NC(=O)[C@H](NC(=O)[C@H](CCCC(=O)O)NC(=O)[C@H](CCCCNC(N)=O)NC(=O)Cc2ccc(NC(=O)Nc3ccccc3C)cc2)C2CCCCC2)C(=O)O)cc1. The van der Waals surface area contributed by atoms with Gasteiger partial charge < -0.3 is 68.3 Å². The van der Waals surface area contributed by atoms with Crippen LogP contribution in [0.25, 0.3) is 0 Å². The first-order valence-electron chi connectivity index (χ1n) is 24.4. The summed E-state index contributed by atoms with van der Waals surface area (Å²) >= 11 is 0. The lowest BCUT2D eigenvalue weighted by Crippen LogP contribution is -2.60. The number of anilines is 2. The van der Waals surface area contributed by atoms with Gasteiger partial charge in [-0.1, -0.05) is 61.7 Å². The number of methoxy groups -OCH3 is 1. The molecular formula is C51H67N9O14. The summed E-state index contributed by atoms with van der Waals surface area (Å²) in [5.74, 6) is -8.51. The molecule has 0 bridgehead atoms. The van der Waals surface area contributed by atoms with Gasteiger partial charge in [0, 0.05) is 30.8 Å². The summed E-state index contributed by atoms with van der Waals surface area (Å²) < 4.78 is 5.14. The topological polar surface area (TPSA) is 363 Å². The third-order valence-corrected chi connectivity index (χ3v) is 12.3. The quantitative estimate of drug-likeness (QED) is 0.0445. The van der Waals surface area contributed by atoms with Crippen LogP contribution in [0.4, 0.5) is 21.0 Å². The molecule has 0 unspecified atom stereocenters. The molecule has 23 nitrogen and oxygen atoms in total. The van der Waals surface area contributed by atoms with E-state index in [2.05, 4.69) is 42.5 Å². The second kappa shape index (κ2) is 29.9. The number of carboxylic acids is 3. The normalized spacial score (nSPS) is 14.2. The van der Waals surface area contributed by atoms with Crippen LogP contribution in [0.5, 0.6) is 5.75 Å². The first kappa shape index (κ1) is 58.3. The minimum absolute atomic E-state index is 0.0172. The number of aryl methyl sites for hydroxylation is 1. The summed E-state index contributed by atoms with van der Waals surface area (Å²) in [7, 11) is 1.45. The van der Waals surface area contributed by atoms with Crippen molar-refractivity contribution in [1.82, 2.24) is 31.9 Å². The summed E-state index contributed by atoms with van der Waals surface area (Å²) in [4.78, 5) is 130. The third-order valence-electron chi connectivity index (χ3n) is 12.3. The number of benzene rings is 3. The smallest absolute Gasteiger partial charge is 0.326 e. The predicted octanol–water partition coefficient (Wildman–Crippen LogP) is 3.09. The number of urea groups is 2. The van der Waals surface area contributed by atoms with Crippen molar-refractivity contribution in [3.05, 3.63) is 89.5 Å². The van der Waals surface area contributed by atoms with E-state index < -0.39 is 108 Å². The monoisotopic (exact) mass is 1030 g/mol. The second-order valence-electron chi connectivity index (χ2n) is 18.0. The van der Waals surface area contributed by atoms with Crippen LogP contribution in [-0.2, 0) is 51.2 Å². The van der Waals surface area contributed by atoms with Crippen molar-refractivity contribution < 1.29 is 68.0 Å². The Morgan fingerprint density at radius 1 is 0.635 bits per heavy atom. The average Bonchev–Trinajstić information content (AvgIpc) is 3.35. The van der Waals surface area contributed by atoms with Crippen LogP contribution < -0.4 is 53.0 Å². The number of carbonyl (C=O) groups excluding carboxylic acids is 7. The Kier molecular flexibility index (Phi) is 23.6. The van der Waals surface area contributed by atoms with Crippen LogP contribution in [0.2, 0.25) is 0 Å². The van der Waals surface area contributed by atoms with E-state index >= 15 is 0 Å². The molecule has 400 valence electrons. The van der Waals surface area contributed by atoms with Gasteiger partial charge in [-0.25, -0.2) is 14.4 Å². The highest BCUT2D eigenvalue weighted by Gasteiger charge is 2.37.